The van der Waals surface area contributed by atoms with Crippen LogP contribution in [0.1, 0.15) is 30.0 Å². The Kier molecular flexibility index (Phi) is 5.85. The van der Waals surface area contributed by atoms with E-state index in [-0.39, 0.29) is 5.56 Å². The number of hydrogen-bond donors (Lipinski definition) is 2. The summed E-state index contributed by atoms with van der Waals surface area (Å²) >= 11 is 3.07. The van der Waals surface area contributed by atoms with E-state index in [4.69, 9.17) is 5.84 Å². The first kappa shape index (κ1) is 16.1. The van der Waals surface area contributed by atoms with Gasteiger partial charge in [-0.2, -0.15) is 0 Å². The summed E-state index contributed by atoms with van der Waals surface area (Å²) in [6.45, 7) is 0. The lowest BCUT2D eigenvalue weighted by Gasteiger charge is -2.18. The molecule has 0 aliphatic carbocycles. The Labute approximate surface area is 131 Å². The van der Waals surface area contributed by atoms with Crippen molar-refractivity contribution in [3.63, 3.8) is 0 Å². The molecule has 0 bridgehead atoms. The quantitative estimate of drug-likeness (QED) is 0.600. The molecule has 1 unspecified atom stereocenters. The van der Waals surface area contributed by atoms with Crippen LogP contribution in [0.2, 0.25) is 0 Å². The molecule has 0 saturated heterocycles. The second-order valence-electron chi connectivity index (χ2n) is 4.88. The van der Waals surface area contributed by atoms with Gasteiger partial charge >= 0.3 is 0 Å². The molecule has 2 rings (SSSR count). The first-order chi connectivity index (χ1) is 10.1. The number of hydrogen-bond acceptors (Lipinski definition) is 2. The van der Waals surface area contributed by atoms with Gasteiger partial charge in [0.25, 0.3) is 0 Å². The molecule has 3 N–H and O–H groups in total. The molecule has 5 heteroatoms. The Morgan fingerprint density at radius 3 is 2.29 bits per heavy atom. The van der Waals surface area contributed by atoms with Gasteiger partial charge in [0.2, 0.25) is 0 Å². The number of halogens is 3. The fraction of sp³-hybridized carbons (Fsp3) is 0.250. The van der Waals surface area contributed by atoms with Crippen LogP contribution in [0, 0.1) is 11.6 Å². The summed E-state index contributed by atoms with van der Waals surface area (Å²) in [4.78, 5) is 0. The number of aryl methyl sites for hydroxylation is 1. The molecule has 0 amide bonds. The molecule has 2 nitrogen and oxygen atoms in total. The van der Waals surface area contributed by atoms with E-state index in [1.807, 2.05) is 30.3 Å². The zero-order valence-corrected chi connectivity index (χ0v) is 13.0. The molecule has 0 spiro atoms. The zero-order valence-electron chi connectivity index (χ0n) is 11.5. The first-order valence-electron chi connectivity index (χ1n) is 6.76. The number of hydrazine groups is 1. The highest BCUT2D eigenvalue weighted by Gasteiger charge is 2.19. The van der Waals surface area contributed by atoms with Crippen LogP contribution in [0.5, 0.6) is 0 Å². The van der Waals surface area contributed by atoms with Crippen molar-refractivity contribution in [1.82, 2.24) is 5.43 Å². The van der Waals surface area contributed by atoms with Crippen LogP contribution < -0.4 is 11.3 Å². The van der Waals surface area contributed by atoms with Gasteiger partial charge in [0.15, 0.2) is 0 Å². The minimum Gasteiger partial charge on any atom is -0.271 e. The Morgan fingerprint density at radius 1 is 1.10 bits per heavy atom. The Bertz CT molecular complexity index is 567. The SMILES string of the molecule is NNC(CCCc1ccccc1)c1c(F)cc(Br)cc1F. The van der Waals surface area contributed by atoms with Crippen LogP contribution in [0.3, 0.4) is 0 Å². The monoisotopic (exact) mass is 354 g/mol. The molecule has 0 radical (unpaired) electrons. The van der Waals surface area contributed by atoms with Crippen LogP contribution in [0.15, 0.2) is 46.9 Å². The standard InChI is InChI=1S/C16H17BrF2N2/c17-12-9-13(18)16(14(19)10-12)15(21-20)8-4-7-11-5-2-1-3-6-11/h1-3,5-6,9-10,15,21H,4,7-8,20H2. The number of rotatable bonds is 6. The van der Waals surface area contributed by atoms with Gasteiger partial charge in [-0.3, -0.25) is 11.3 Å². The minimum atomic E-state index is -0.593. The predicted molar refractivity (Wildman–Crippen MR) is 83.5 cm³/mol. The molecular formula is C16H17BrF2N2. The van der Waals surface area contributed by atoms with Gasteiger partial charge < -0.3 is 0 Å². The van der Waals surface area contributed by atoms with E-state index in [1.165, 1.54) is 17.7 Å². The van der Waals surface area contributed by atoms with Crippen molar-refractivity contribution in [2.24, 2.45) is 5.84 Å². The molecule has 1 atom stereocenters. The topological polar surface area (TPSA) is 38.0 Å². The molecule has 0 aliphatic heterocycles. The normalized spacial score (nSPS) is 12.4. The molecular weight excluding hydrogens is 338 g/mol. The van der Waals surface area contributed by atoms with E-state index in [0.29, 0.717) is 10.9 Å². The van der Waals surface area contributed by atoms with Crippen molar-refractivity contribution >= 4 is 15.9 Å². The molecule has 2 aromatic carbocycles. The van der Waals surface area contributed by atoms with Crippen molar-refractivity contribution in [3.8, 4) is 0 Å². The first-order valence-corrected chi connectivity index (χ1v) is 7.55. The van der Waals surface area contributed by atoms with Crippen molar-refractivity contribution in [1.29, 1.82) is 0 Å². The fourth-order valence-corrected chi connectivity index (χ4v) is 2.75. The highest BCUT2D eigenvalue weighted by atomic mass is 79.9. The minimum absolute atomic E-state index is 0.00578. The van der Waals surface area contributed by atoms with Crippen molar-refractivity contribution in [3.05, 3.63) is 69.7 Å². The van der Waals surface area contributed by atoms with Gasteiger partial charge in [-0.05, 0) is 37.0 Å². The number of nitrogens with one attached hydrogen (secondary N) is 1. The van der Waals surface area contributed by atoms with Crippen LogP contribution in [-0.2, 0) is 6.42 Å². The van der Waals surface area contributed by atoms with Crippen molar-refractivity contribution in [2.45, 2.75) is 25.3 Å². The van der Waals surface area contributed by atoms with Crippen LogP contribution >= 0.6 is 15.9 Å². The van der Waals surface area contributed by atoms with Crippen LogP contribution in [0.4, 0.5) is 8.78 Å². The lowest BCUT2D eigenvalue weighted by Crippen LogP contribution is -2.29. The summed E-state index contributed by atoms with van der Waals surface area (Å²) in [6, 6.07) is 11.9. The molecule has 112 valence electrons. The van der Waals surface area contributed by atoms with Gasteiger partial charge in [-0.15, -0.1) is 0 Å². The molecule has 0 heterocycles. The molecule has 0 aromatic heterocycles. The summed E-state index contributed by atoms with van der Waals surface area (Å²) < 4.78 is 28.2. The van der Waals surface area contributed by atoms with Crippen LogP contribution in [0.25, 0.3) is 0 Å². The summed E-state index contributed by atoms with van der Waals surface area (Å²) in [5.41, 5.74) is 3.70. The third-order valence-electron chi connectivity index (χ3n) is 3.39. The van der Waals surface area contributed by atoms with E-state index >= 15 is 0 Å². The summed E-state index contributed by atoms with van der Waals surface area (Å²) in [6.07, 6.45) is 2.19. The molecule has 0 aliphatic rings. The molecule has 21 heavy (non-hydrogen) atoms. The van der Waals surface area contributed by atoms with E-state index < -0.39 is 17.7 Å². The summed E-state index contributed by atoms with van der Waals surface area (Å²) in [5, 5.41) is 0. The maximum atomic E-state index is 13.9. The highest BCUT2D eigenvalue weighted by molar-refractivity contribution is 9.10. The van der Waals surface area contributed by atoms with E-state index in [9.17, 15) is 8.78 Å². The lowest BCUT2D eigenvalue weighted by molar-refractivity contribution is 0.444. The Hall–Kier alpha value is -1.30. The van der Waals surface area contributed by atoms with Crippen LogP contribution in [-0.4, -0.2) is 0 Å². The largest absolute Gasteiger partial charge is 0.271 e. The highest BCUT2D eigenvalue weighted by Crippen LogP contribution is 2.27. The average Bonchev–Trinajstić information content (AvgIpc) is 2.45. The van der Waals surface area contributed by atoms with Crippen molar-refractivity contribution < 1.29 is 8.78 Å². The van der Waals surface area contributed by atoms with Gasteiger partial charge in [-0.25, -0.2) is 8.78 Å². The van der Waals surface area contributed by atoms with Gasteiger partial charge in [-0.1, -0.05) is 46.3 Å². The third kappa shape index (κ3) is 4.33. The number of nitrogens with two attached hydrogens (primary N) is 1. The van der Waals surface area contributed by atoms with E-state index in [0.717, 1.165) is 12.8 Å². The second-order valence-corrected chi connectivity index (χ2v) is 5.80. The van der Waals surface area contributed by atoms with Crippen molar-refractivity contribution in [2.75, 3.05) is 0 Å². The molecule has 0 fully saturated rings. The average molecular weight is 355 g/mol. The van der Waals surface area contributed by atoms with Gasteiger partial charge in [0, 0.05) is 10.0 Å². The Morgan fingerprint density at radius 2 is 1.71 bits per heavy atom. The smallest absolute Gasteiger partial charge is 0.132 e. The van der Waals surface area contributed by atoms with Gasteiger partial charge in [0.05, 0.1) is 6.04 Å². The summed E-state index contributed by atoms with van der Waals surface area (Å²) in [7, 11) is 0. The maximum absolute atomic E-state index is 13.9. The fourth-order valence-electron chi connectivity index (χ4n) is 2.35. The van der Waals surface area contributed by atoms with E-state index in [1.54, 1.807) is 0 Å². The van der Waals surface area contributed by atoms with E-state index in [2.05, 4.69) is 21.4 Å². The lowest BCUT2D eigenvalue weighted by atomic mass is 9.98. The molecule has 0 saturated carbocycles. The van der Waals surface area contributed by atoms with Gasteiger partial charge in [0.1, 0.15) is 11.6 Å². The predicted octanol–water partition coefficient (Wildman–Crippen LogP) is 4.25. The summed E-state index contributed by atoms with van der Waals surface area (Å²) in [5.74, 6) is 4.28. The third-order valence-corrected chi connectivity index (χ3v) is 3.85. The molecule has 2 aromatic rings. The maximum Gasteiger partial charge on any atom is 0.132 e. The number of benzene rings is 2. The zero-order chi connectivity index (χ0) is 15.2. The second kappa shape index (κ2) is 7.64. The Balaban J connectivity index is 2.03.